The Hall–Kier alpha value is -10.3. The molecular formula is C81H89F3N6O15S. The molecule has 3 heterocycles. The standard InChI is InChI=1S/C34H37FN2O5.C25H24FNO4.C22H28FN3O6S/c1-22(2)33-32(29(40)21-36-26-11-7-4-8-12-26)31(23-9-5-3-6-10-23)34(24-13-15-25(35)16-14-24)37(33)18-17-27(38)19-28(39)20-30(41)42;26-17-9-7-15(8-10-17)24-20-3-1-2-4-22(20)27-25(16-5-6-16)21(24)12-11-18(28)13-19(29)14-23(30)31;1-13(2)20-18(10-9-16(27)11-17(28)12-19(29)30)21(14-5-7-15(23)8-6-14)25-22(24-20)26(3)33(4,31)32/h3-16,22,27-28,36,38-39H,17-21H2,1-2H3,(H,41,42);1-4,7-12,16,18-19,28-29H,5-6,13-14H2,(H,30,31);5-10,13,16-17,27-28H,11-12H2,1-4H3,(H,29,30)/b;12-11+;10-9+. The summed E-state index contributed by atoms with van der Waals surface area (Å²) in [4.78, 5) is 60.3. The van der Waals surface area contributed by atoms with Gasteiger partial charge in [-0.05, 0) is 133 Å². The van der Waals surface area contributed by atoms with Gasteiger partial charge < -0.3 is 55.8 Å². The molecule has 25 heteroatoms. The fourth-order valence-electron chi connectivity index (χ4n) is 12.3. The van der Waals surface area contributed by atoms with E-state index >= 15 is 0 Å². The number of hydrogen-bond donors (Lipinski definition) is 10. The van der Waals surface area contributed by atoms with Gasteiger partial charge in [0.25, 0.3) is 0 Å². The van der Waals surface area contributed by atoms with Crippen molar-refractivity contribution in [2.45, 2.75) is 146 Å². The van der Waals surface area contributed by atoms with E-state index in [1.54, 1.807) is 36.4 Å². The molecule has 6 atom stereocenters. The van der Waals surface area contributed by atoms with Crippen molar-refractivity contribution in [3.8, 4) is 44.8 Å². The number of nitrogens with zero attached hydrogens (tertiary/aromatic N) is 5. The molecule has 0 saturated heterocycles. The summed E-state index contributed by atoms with van der Waals surface area (Å²) in [6, 6.07) is 44.8. The molecule has 0 aliphatic heterocycles. The van der Waals surface area contributed by atoms with Crippen LogP contribution in [0.3, 0.4) is 0 Å². The third-order valence-corrected chi connectivity index (χ3v) is 18.6. The Labute approximate surface area is 613 Å². The minimum atomic E-state index is -3.65. The highest BCUT2D eigenvalue weighted by molar-refractivity contribution is 7.92. The Balaban J connectivity index is 0.000000204. The second-order valence-corrected chi connectivity index (χ2v) is 28.7. The Morgan fingerprint density at radius 3 is 1.54 bits per heavy atom. The number of rotatable bonds is 32. The zero-order chi connectivity index (χ0) is 77.1. The number of sulfonamides is 1. The number of aliphatic hydroxyl groups is 6. The lowest BCUT2D eigenvalue weighted by atomic mass is 9.92. The molecule has 1 aliphatic carbocycles. The number of Topliss-reactive ketones (excluding diaryl/α,β-unsaturated/α-hetero) is 1. The van der Waals surface area contributed by atoms with Crippen LogP contribution in [0.1, 0.15) is 142 Å². The number of aromatic nitrogens is 4. The van der Waals surface area contributed by atoms with Gasteiger partial charge in [0.15, 0.2) is 5.78 Å². The number of carboxylic acid groups (broad SMARTS) is 3. The SMILES string of the molecule is CC(C)c1c(C(=O)CNc2ccccc2)c(-c2ccccc2)c(-c2ccc(F)cc2)n1CCC(O)CC(O)CC(=O)O.CC(C)c1nc(N(C)S(C)(=O)=O)nc(-c2ccc(F)cc2)c1/C=C/C(O)CC(O)CC(=O)O.O=C(O)CC(O)CC(O)/C=C/c1c(C2CC2)nc2ccccc2c1-c1ccc(F)cc1. The van der Waals surface area contributed by atoms with Crippen LogP contribution in [0.25, 0.3) is 67.8 Å². The fourth-order valence-corrected chi connectivity index (χ4v) is 12.7. The van der Waals surface area contributed by atoms with E-state index in [2.05, 4.69) is 15.3 Å². The van der Waals surface area contributed by atoms with Crippen molar-refractivity contribution in [1.82, 2.24) is 19.5 Å². The number of hydrogen-bond acceptors (Lipinski definition) is 16. The van der Waals surface area contributed by atoms with E-state index in [9.17, 15) is 71.4 Å². The van der Waals surface area contributed by atoms with Gasteiger partial charge in [0.1, 0.15) is 17.5 Å². The molecule has 560 valence electrons. The minimum absolute atomic E-state index is 0.0560. The maximum absolute atomic E-state index is 14.1. The van der Waals surface area contributed by atoms with E-state index in [4.69, 9.17) is 20.3 Å². The molecule has 6 unspecified atom stereocenters. The number of pyridine rings is 1. The van der Waals surface area contributed by atoms with Crippen LogP contribution in [0.5, 0.6) is 0 Å². The molecule has 0 amide bonds. The lowest BCUT2D eigenvalue weighted by molar-refractivity contribution is -0.140. The number of benzene rings is 6. The van der Waals surface area contributed by atoms with Crippen molar-refractivity contribution in [1.29, 1.82) is 0 Å². The molecule has 10 N–H and O–H groups in total. The summed E-state index contributed by atoms with van der Waals surface area (Å²) < 4.78 is 68.2. The maximum atomic E-state index is 14.1. The number of nitrogens with one attached hydrogen (secondary N) is 1. The van der Waals surface area contributed by atoms with Gasteiger partial charge in [-0.2, -0.15) is 0 Å². The van der Waals surface area contributed by atoms with Gasteiger partial charge in [0.05, 0.1) is 97.0 Å². The van der Waals surface area contributed by atoms with Crippen LogP contribution in [0.15, 0.2) is 170 Å². The van der Waals surface area contributed by atoms with Gasteiger partial charge in [-0.25, -0.2) is 35.9 Å². The molecule has 21 nitrogen and oxygen atoms in total. The second kappa shape index (κ2) is 37.6. The predicted octanol–water partition coefficient (Wildman–Crippen LogP) is 13.3. The van der Waals surface area contributed by atoms with Crippen LogP contribution in [-0.2, 0) is 31.0 Å². The molecule has 3 aromatic heterocycles. The maximum Gasteiger partial charge on any atom is 0.305 e. The Bertz CT molecular complexity index is 4660. The topological polar surface area (TPSA) is 343 Å². The summed E-state index contributed by atoms with van der Waals surface area (Å²) in [6.07, 6.45) is 1.18. The van der Waals surface area contributed by atoms with Gasteiger partial charge in [-0.3, -0.25) is 24.2 Å². The highest BCUT2D eigenvalue weighted by Crippen LogP contribution is 2.46. The number of aliphatic carboxylic acids is 3. The number of halogens is 3. The fraction of sp³-hybridized carbons (Fsp3) is 0.321. The number of carbonyl (C=O) groups is 4. The third-order valence-electron chi connectivity index (χ3n) is 17.5. The summed E-state index contributed by atoms with van der Waals surface area (Å²) in [5.74, 6) is -4.69. The van der Waals surface area contributed by atoms with E-state index in [-0.39, 0.29) is 67.4 Å². The smallest absolute Gasteiger partial charge is 0.305 e. The number of para-hydroxylation sites is 2. The normalized spacial score (nSPS) is 14.0. The quantitative estimate of drug-likeness (QED) is 0.0175. The van der Waals surface area contributed by atoms with E-state index in [1.807, 2.05) is 117 Å². The highest BCUT2D eigenvalue weighted by Gasteiger charge is 2.33. The first kappa shape index (κ1) is 81.4. The average Bonchev–Trinajstić information content (AvgIpc) is 1.53. The summed E-state index contributed by atoms with van der Waals surface area (Å²) >= 11 is 0. The average molecular weight is 1480 g/mol. The molecule has 1 saturated carbocycles. The van der Waals surface area contributed by atoms with Crippen LogP contribution in [0.4, 0.5) is 24.8 Å². The van der Waals surface area contributed by atoms with Crippen molar-refractivity contribution in [2.75, 3.05) is 29.5 Å². The number of aliphatic hydroxyl groups excluding tert-OH is 6. The molecule has 1 aliphatic rings. The molecular weight excluding hydrogens is 1390 g/mol. The largest absolute Gasteiger partial charge is 0.481 e. The van der Waals surface area contributed by atoms with Gasteiger partial charge in [0, 0.05) is 82.5 Å². The van der Waals surface area contributed by atoms with Crippen LogP contribution < -0.4 is 9.62 Å². The van der Waals surface area contributed by atoms with Crippen LogP contribution in [0, 0.1) is 17.5 Å². The molecule has 0 spiro atoms. The van der Waals surface area contributed by atoms with E-state index in [1.165, 1.54) is 67.7 Å². The van der Waals surface area contributed by atoms with E-state index in [0.717, 1.165) is 84.9 Å². The highest BCUT2D eigenvalue weighted by atomic mass is 32.2. The number of anilines is 2. The second-order valence-electron chi connectivity index (χ2n) is 26.7. The summed E-state index contributed by atoms with van der Waals surface area (Å²) in [5.41, 5.74) is 11.4. The molecule has 0 bridgehead atoms. The first-order valence-corrected chi connectivity index (χ1v) is 36.5. The van der Waals surface area contributed by atoms with Crippen molar-refractivity contribution in [3.05, 3.63) is 221 Å². The summed E-state index contributed by atoms with van der Waals surface area (Å²) in [5, 5.41) is 91.7. The van der Waals surface area contributed by atoms with E-state index < -0.39 is 89.6 Å². The molecule has 106 heavy (non-hydrogen) atoms. The first-order chi connectivity index (χ1) is 50.4. The Morgan fingerprint density at radius 1 is 0.566 bits per heavy atom. The van der Waals surface area contributed by atoms with Gasteiger partial charge in [-0.15, -0.1) is 0 Å². The van der Waals surface area contributed by atoms with E-state index in [0.29, 0.717) is 46.1 Å². The molecule has 1 fully saturated rings. The molecule has 9 aromatic rings. The number of carbonyl (C=O) groups excluding carboxylic acids is 1. The lowest BCUT2D eigenvalue weighted by Crippen LogP contribution is -2.27. The van der Waals surface area contributed by atoms with Gasteiger partial charge in [-0.1, -0.05) is 131 Å². The van der Waals surface area contributed by atoms with Crippen molar-refractivity contribution < 1.29 is 86.7 Å². The van der Waals surface area contributed by atoms with Crippen LogP contribution in [-0.4, -0.2) is 154 Å². The first-order valence-electron chi connectivity index (χ1n) is 34.7. The summed E-state index contributed by atoms with van der Waals surface area (Å²) in [6.45, 7) is 8.06. The third kappa shape index (κ3) is 22.9. The Kier molecular flexibility index (Phi) is 28.9. The zero-order valence-electron chi connectivity index (χ0n) is 59.5. The van der Waals surface area contributed by atoms with Crippen molar-refractivity contribution >= 4 is 68.4 Å². The molecule has 0 radical (unpaired) electrons. The Morgan fingerprint density at radius 2 is 1.04 bits per heavy atom. The number of ketones is 1. The summed E-state index contributed by atoms with van der Waals surface area (Å²) in [7, 11) is -2.33. The monoisotopic (exact) mass is 1470 g/mol. The van der Waals surface area contributed by atoms with Crippen molar-refractivity contribution in [2.24, 2.45) is 0 Å². The number of fused-ring (bicyclic) bond motifs is 1. The molecule has 10 rings (SSSR count). The van der Waals surface area contributed by atoms with Crippen LogP contribution >= 0.6 is 0 Å². The van der Waals surface area contributed by atoms with Gasteiger partial charge >= 0.3 is 17.9 Å². The van der Waals surface area contributed by atoms with Crippen molar-refractivity contribution in [3.63, 3.8) is 0 Å². The number of carboxylic acids is 3. The predicted molar refractivity (Wildman–Crippen MR) is 402 cm³/mol. The molecule has 6 aromatic carbocycles. The van der Waals surface area contributed by atoms with Crippen LogP contribution in [0.2, 0.25) is 0 Å². The van der Waals surface area contributed by atoms with Gasteiger partial charge in [0.2, 0.25) is 16.0 Å². The zero-order valence-corrected chi connectivity index (χ0v) is 60.4. The lowest BCUT2D eigenvalue weighted by Gasteiger charge is -2.20. The minimum Gasteiger partial charge on any atom is -0.481 e.